The van der Waals surface area contributed by atoms with Crippen molar-refractivity contribution in [3.8, 4) is 0 Å². The Kier molecular flexibility index (Phi) is 5.53. The van der Waals surface area contributed by atoms with Crippen molar-refractivity contribution >= 4 is 29.3 Å². The Morgan fingerprint density at radius 3 is 2.75 bits per heavy atom. The SMILES string of the molecule is CCOC(=O)C(F)[C@H](N)c1c(C)[nH]c2ccccc12.Cl. The van der Waals surface area contributed by atoms with Gasteiger partial charge in [0.25, 0.3) is 0 Å². The van der Waals surface area contributed by atoms with Gasteiger partial charge in [-0.1, -0.05) is 18.2 Å². The number of benzene rings is 1. The van der Waals surface area contributed by atoms with Crippen molar-refractivity contribution in [1.29, 1.82) is 0 Å². The summed E-state index contributed by atoms with van der Waals surface area (Å²) in [5.41, 5.74) is 8.15. The predicted molar refractivity (Wildman–Crippen MR) is 78.7 cm³/mol. The van der Waals surface area contributed by atoms with Crippen LogP contribution in [0.1, 0.15) is 24.2 Å². The summed E-state index contributed by atoms with van der Waals surface area (Å²) in [6.45, 7) is 3.58. The Bertz CT molecular complexity index is 600. The summed E-state index contributed by atoms with van der Waals surface area (Å²) in [5.74, 6) is -0.917. The lowest BCUT2D eigenvalue weighted by molar-refractivity contribution is -0.149. The number of carbonyl (C=O) groups is 1. The summed E-state index contributed by atoms with van der Waals surface area (Å²) in [6, 6.07) is 6.44. The van der Waals surface area contributed by atoms with Gasteiger partial charge in [-0.2, -0.15) is 0 Å². The second-order valence-corrected chi connectivity index (χ2v) is 4.39. The van der Waals surface area contributed by atoms with Gasteiger partial charge in [0, 0.05) is 22.2 Å². The molecule has 20 heavy (non-hydrogen) atoms. The molecule has 0 spiro atoms. The van der Waals surface area contributed by atoms with Crippen LogP contribution in [-0.4, -0.2) is 23.7 Å². The molecule has 0 amide bonds. The van der Waals surface area contributed by atoms with E-state index in [1.807, 2.05) is 31.2 Å². The monoisotopic (exact) mass is 300 g/mol. The molecule has 0 aliphatic rings. The number of halogens is 2. The second kappa shape index (κ2) is 6.72. The van der Waals surface area contributed by atoms with E-state index in [1.165, 1.54) is 0 Å². The highest BCUT2D eigenvalue weighted by atomic mass is 35.5. The first kappa shape index (κ1) is 16.5. The molecule has 0 bridgehead atoms. The number of nitrogens with two attached hydrogens (primary N) is 1. The molecule has 6 heteroatoms. The first-order valence-electron chi connectivity index (χ1n) is 6.19. The quantitative estimate of drug-likeness (QED) is 0.853. The van der Waals surface area contributed by atoms with Crippen LogP contribution in [0.3, 0.4) is 0 Å². The van der Waals surface area contributed by atoms with Gasteiger partial charge in [0.2, 0.25) is 6.17 Å². The normalized spacial score (nSPS) is 13.6. The lowest BCUT2D eigenvalue weighted by atomic mass is 10.00. The van der Waals surface area contributed by atoms with Crippen LogP contribution >= 0.6 is 12.4 Å². The molecule has 4 nitrogen and oxygen atoms in total. The van der Waals surface area contributed by atoms with E-state index in [0.29, 0.717) is 5.56 Å². The van der Waals surface area contributed by atoms with Crippen LogP contribution in [-0.2, 0) is 9.53 Å². The molecule has 2 atom stereocenters. The fourth-order valence-corrected chi connectivity index (χ4v) is 2.24. The molecule has 3 N–H and O–H groups in total. The number of hydrogen-bond acceptors (Lipinski definition) is 3. The highest BCUT2D eigenvalue weighted by Crippen LogP contribution is 2.29. The highest BCUT2D eigenvalue weighted by molar-refractivity contribution is 5.86. The van der Waals surface area contributed by atoms with Gasteiger partial charge in [0.1, 0.15) is 0 Å². The lowest BCUT2D eigenvalue weighted by Gasteiger charge is -2.16. The fourth-order valence-electron chi connectivity index (χ4n) is 2.24. The number of H-pyrrole nitrogens is 1. The minimum absolute atomic E-state index is 0. The number of alkyl halides is 1. The zero-order chi connectivity index (χ0) is 14.0. The average Bonchev–Trinajstić information content (AvgIpc) is 2.73. The van der Waals surface area contributed by atoms with E-state index in [1.54, 1.807) is 6.92 Å². The average molecular weight is 301 g/mol. The molecule has 0 radical (unpaired) electrons. The van der Waals surface area contributed by atoms with Crippen LogP contribution in [0, 0.1) is 6.92 Å². The molecule has 0 fully saturated rings. The number of nitrogens with one attached hydrogen (secondary N) is 1. The van der Waals surface area contributed by atoms with Crippen LogP contribution < -0.4 is 5.73 Å². The van der Waals surface area contributed by atoms with Crippen molar-refractivity contribution in [2.45, 2.75) is 26.1 Å². The van der Waals surface area contributed by atoms with Crippen LogP contribution in [0.2, 0.25) is 0 Å². The Hall–Kier alpha value is -1.59. The maximum absolute atomic E-state index is 14.0. The molecule has 110 valence electrons. The number of rotatable bonds is 4. The fraction of sp³-hybridized carbons (Fsp3) is 0.357. The van der Waals surface area contributed by atoms with Gasteiger partial charge in [-0.15, -0.1) is 12.4 Å². The number of aromatic nitrogens is 1. The largest absolute Gasteiger partial charge is 0.464 e. The molecule has 1 heterocycles. The Morgan fingerprint density at radius 1 is 1.45 bits per heavy atom. The molecule has 0 aliphatic heterocycles. The first-order chi connectivity index (χ1) is 9.06. The van der Waals surface area contributed by atoms with Gasteiger partial charge in [0.05, 0.1) is 12.6 Å². The van der Waals surface area contributed by atoms with Crippen molar-refractivity contribution in [3.05, 3.63) is 35.5 Å². The molecule has 1 unspecified atom stereocenters. The minimum Gasteiger partial charge on any atom is -0.464 e. The molecule has 2 aromatic rings. The number of aromatic amines is 1. The van der Waals surface area contributed by atoms with E-state index in [9.17, 15) is 9.18 Å². The summed E-state index contributed by atoms with van der Waals surface area (Å²) in [6.07, 6.45) is -1.86. The number of para-hydroxylation sites is 1. The first-order valence-corrected chi connectivity index (χ1v) is 6.19. The Labute approximate surface area is 122 Å². The highest BCUT2D eigenvalue weighted by Gasteiger charge is 2.30. The summed E-state index contributed by atoms with van der Waals surface area (Å²) in [4.78, 5) is 14.6. The summed E-state index contributed by atoms with van der Waals surface area (Å²) < 4.78 is 18.7. The van der Waals surface area contributed by atoms with Gasteiger partial charge < -0.3 is 15.5 Å². The summed E-state index contributed by atoms with van der Waals surface area (Å²) >= 11 is 0. The summed E-state index contributed by atoms with van der Waals surface area (Å²) in [5, 5.41) is 0.833. The van der Waals surface area contributed by atoms with Crippen molar-refractivity contribution in [2.24, 2.45) is 5.73 Å². The zero-order valence-corrected chi connectivity index (χ0v) is 12.2. The van der Waals surface area contributed by atoms with Gasteiger partial charge in [-0.05, 0) is 19.9 Å². The number of fused-ring (bicyclic) bond motifs is 1. The smallest absolute Gasteiger partial charge is 0.342 e. The topological polar surface area (TPSA) is 68.1 Å². The number of aryl methyl sites for hydroxylation is 1. The van der Waals surface area contributed by atoms with Crippen molar-refractivity contribution < 1.29 is 13.9 Å². The third-order valence-corrected chi connectivity index (χ3v) is 3.10. The molecular weight excluding hydrogens is 283 g/mol. The Morgan fingerprint density at radius 2 is 2.10 bits per heavy atom. The van der Waals surface area contributed by atoms with Crippen LogP contribution in [0.25, 0.3) is 10.9 Å². The van der Waals surface area contributed by atoms with E-state index in [2.05, 4.69) is 9.72 Å². The van der Waals surface area contributed by atoms with E-state index in [0.717, 1.165) is 16.6 Å². The standard InChI is InChI=1S/C14H17FN2O2.ClH/c1-3-19-14(18)12(15)13(16)11-8(2)17-10-7-5-4-6-9(10)11;/h4-7,12-13,17H,3,16H2,1-2H3;1H/t12?,13-;/m1./s1. The molecule has 1 aromatic heterocycles. The maximum Gasteiger partial charge on any atom is 0.342 e. The molecule has 0 saturated heterocycles. The maximum atomic E-state index is 14.0. The lowest BCUT2D eigenvalue weighted by Crippen LogP contribution is -2.31. The zero-order valence-electron chi connectivity index (χ0n) is 11.4. The van der Waals surface area contributed by atoms with Crippen LogP contribution in [0.15, 0.2) is 24.3 Å². The minimum atomic E-state index is -1.86. The van der Waals surface area contributed by atoms with E-state index >= 15 is 0 Å². The van der Waals surface area contributed by atoms with Crippen molar-refractivity contribution in [3.63, 3.8) is 0 Å². The number of ether oxygens (including phenoxy) is 1. The number of esters is 1. The molecule has 1 aromatic carbocycles. The second-order valence-electron chi connectivity index (χ2n) is 4.39. The molecule has 0 aliphatic carbocycles. The van der Waals surface area contributed by atoms with Crippen LogP contribution in [0.5, 0.6) is 0 Å². The van der Waals surface area contributed by atoms with Gasteiger partial charge in [0.15, 0.2) is 0 Å². The van der Waals surface area contributed by atoms with Crippen molar-refractivity contribution in [2.75, 3.05) is 6.61 Å². The van der Waals surface area contributed by atoms with Crippen molar-refractivity contribution in [1.82, 2.24) is 4.98 Å². The Balaban J connectivity index is 0.00000200. The molecule has 2 rings (SSSR count). The number of hydrogen-bond donors (Lipinski definition) is 2. The van der Waals surface area contributed by atoms with E-state index in [4.69, 9.17) is 5.73 Å². The predicted octanol–water partition coefficient (Wildman–Crippen LogP) is 2.80. The number of carbonyl (C=O) groups excluding carboxylic acids is 1. The third kappa shape index (κ3) is 2.94. The van der Waals surface area contributed by atoms with Gasteiger partial charge >= 0.3 is 5.97 Å². The summed E-state index contributed by atoms with van der Waals surface area (Å²) in [7, 11) is 0. The van der Waals surface area contributed by atoms with E-state index in [-0.39, 0.29) is 19.0 Å². The molecule has 0 saturated carbocycles. The van der Waals surface area contributed by atoms with Gasteiger partial charge in [-0.25, -0.2) is 9.18 Å². The molecular formula is C14H18ClFN2O2. The third-order valence-electron chi connectivity index (χ3n) is 3.10. The van der Waals surface area contributed by atoms with Gasteiger partial charge in [-0.3, -0.25) is 0 Å². The van der Waals surface area contributed by atoms with Crippen LogP contribution in [0.4, 0.5) is 4.39 Å². The van der Waals surface area contributed by atoms with E-state index < -0.39 is 18.2 Å².